The van der Waals surface area contributed by atoms with E-state index in [2.05, 4.69) is 36.3 Å². The molecule has 1 aliphatic rings. The predicted octanol–water partition coefficient (Wildman–Crippen LogP) is 3.02. The average molecular weight is 405 g/mol. The number of nitrogens with zero attached hydrogens (tertiary/aromatic N) is 2. The highest BCUT2D eigenvalue weighted by Crippen LogP contribution is 2.28. The van der Waals surface area contributed by atoms with Crippen molar-refractivity contribution in [3.8, 4) is 0 Å². The summed E-state index contributed by atoms with van der Waals surface area (Å²) in [7, 11) is 0. The summed E-state index contributed by atoms with van der Waals surface area (Å²) in [5.74, 6) is -0.480. The van der Waals surface area contributed by atoms with Crippen molar-refractivity contribution in [1.82, 2.24) is 10.2 Å². The third-order valence-electron chi connectivity index (χ3n) is 5.81. The monoisotopic (exact) mass is 404 g/mol. The average Bonchev–Trinajstić information content (AvgIpc) is 2.65. The fourth-order valence-corrected chi connectivity index (χ4v) is 3.82. The number of benzene rings is 1. The van der Waals surface area contributed by atoms with Gasteiger partial charge < -0.3 is 10.6 Å². The van der Waals surface area contributed by atoms with Gasteiger partial charge in [-0.3, -0.25) is 24.6 Å². The van der Waals surface area contributed by atoms with Gasteiger partial charge in [0, 0.05) is 18.7 Å². The summed E-state index contributed by atoms with van der Waals surface area (Å²) in [6.07, 6.45) is 2.28. The Labute approximate surface area is 172 Å². The fraction of sp³-hybridized carbons (Fsp3) is 0.619. The molecule has 1 saturated heterocycles. The van der Waals surface area contributed by atoms with Crippen molar-refractivity contribution in [2.45, 2.75) is 53.5 Å². The van der Waals surface area contributed by atoms with Crippen LogP contribution in [0.5, 0.6) is 0 Å². The van der Waals surface area contributed by atoms with Gasteiger partial charge in [-0.2, -0.15) is 0 Å². The van der Waals surface area contributed by atoms with Gasteiger partial charge in [0.2, 0.25) is 0 Å². The molecular weight excluding hydrogens is 372 g/mol. The number of hydrogen-bond donors (Lipinski definition) is 2. The SMILES string of the molecule is Cc1ccc([N+](=O)[O-])c(C)c1NC(=O)C(=O)NCC(C(C)C)N1CCC(C)CC1. The summed E-state index contributed by atoms with van der Waals surface area (Å²) in [5.41, 5.74) is 1.21. The van der Waals surface area contributed by atoms with Crippen molar-refractivity contribution in [2.75, 3.05) is 25.0 Å². The van der Waals surface area contributed by atoms with E-state index in [0.29, 0.717) is 29.3 Å². The zero-order chi connectivity index (χ0) is 21.7. The molecule has 1 atom stereocenters. The summed E-state index contributed by atoms with van der Waals surface area (Å²) in [6.45, 7) is 12.2. The Morgan fingerprint density at radius 1 is 1.21 bits per heavy atom. The molecule has 2 rings (SSSR count). The number of carbonyl (C=O) groups excluding carboxylic acids is 2. The van der Waals surface area contributed by atoms with Gasteiger partial charge in [0.05, 0.1) is 16.2 Å². The fourth-order valence-electron chi connectivity index (χ4n) is 3.82. The normalized spacial score (nSPS) is 16.5. The third kappa shape index (κ3) is 5.76. The lowest BCUT2D eigenvalue weighted by Crippen LogP contribution is -2.51. The van der Waals surface area contributed by atoms with Gasteiger partial charge in [-0.25, -0.2) is 0 Å². The van der Waals surface area contributed by atoms with Crippen LogP contribution in [0.4, 0.5) is 11.4 Å². The van der Waals surface area contributed by atoms with E-state index in [-0.39, 0.29) is 11.7 Å². The molecule has 2 amide bonds. The third-order valence-corrected chi connectivity index (χ3v) is 5.81. The Kier molecular flexibility index (Phi) is 7.73. The lowest BCUT2D eigenvalue weighted by molar-refractivity contribution is -0.385. The van der Waals surface area contributed by atoms with Gasteiger partial charge in [0.25, 0.3) is 5.69 Å². The summed E-state index contributed by atoms with van der Waals surface area (Å²) in [6, 6.07) is 3.12. The van der Waals surface area contributed by atoms with Crippen LogP contribution < -0.4 is 10.6 Å². The zero-order valence-corrected chi connectivity index (χ0v) is 17.9. The highest BCUT2D eigenvalue weighted by atomic mass is 16.6. The quantitative estimate of drug-likeness (QED) is 0.431. The molecule has 0 radical (unpaired) electrons. The lowest BCUT2D eigenvalue weighted by atomic mass is 9.94. The van der Waals surface area contributed by atoms with Crippen LogP contribution in [0.2, 0.25) is 0 Å². The zero-order valence-electron chi connectivity index (χ0n) is 17.9. The topological polar surface area (TPSA) is 105 Å². The van der Waals surface area contributed by atoms with E-state index in [0.717, 1.165) is 31.8 Å². The maximum atomic E-state index is 12.4. The molecule has 8 heteroatoms. The molecule has 0 aromatic heterocycles. The maximum Gasteiger partial charge on any atom is 0.313 e. The molecular formula is C21H32N4O4. The minimum Gasteiger partial charge on any atom is -0.346 e. The molecule has 1 unspecified atom stereocenters. The minimum absolute atomic E-state index is 0.0921. The van der Waals surface area contributed by atoms with Crippen molar-refractivity contribution in [2.24, 2.45) is 11.8 Å². The number of piperidine rings is 1. The first-order chi connectivity index (χ1) is 13.6. The molecule has 1 aromatic rings. The number of rotatable bonds is 6. The number of nitro groups is 1. The standard InChI is InChI=1S/C21H32N4O4/c1-13(2)18(24-10-8-14(3)9-11-24)12-22-20(26)21(27)23-19-15(4)6-7-17(16(19)5)25(28)29/h6-7,13-14,18H,8-12H2,1-5H3,(H,22,26)(H,23,27). The number of nitrogens with one attached hydrogen (secondary N) is 2. The smallest absolute Gasteiger partial charge is 0.313 e. The van der Waals surface area contributed by atoms with Crippen LogP contribution in [0, 0.1) is 35.8 Å². The molecule has 1 fully saturated rings. The van der Waals surface area contributed by atoms with E-state index in [1.54, 1.807) is 19.9 Å². The number of nitro benzene ring substituents is 1. The highest BCUT2D eigenvalue weighted by Gasteiger charge is 2.27. The number of carbonyl (C=O) groups is 2. The number of aryl methyl sites for hydroxylation is 1. The van der Waals surface area contributed by atoms with Crippen LogP contribution in [0.3, 0.4) is 0 Å². The molecule has 8 nitrogen and oxygen atoms in total. The second kappa shape index (κ2) is 9.82. The molecule has 160 valence electrons. The van der Waals surface area contributed by atoms with Crippen LogP contribution in [-0.4, -0.2) is 47.3 Å². The van der Waals surface area contributed by atoms with E-state index in [4.69, 9.17) is 0 Å². The van der Waals surface area contributed by atoms with E-state index in [1.807, 2.05) is 0 Å². The van der Waals surface area contributed by atoms with Crippen molar-refractivity contribution < 1.29 is 14.5 Å². The van der Waals surface area contributed by atoms with Crippen molar-refractivity contribution in [3.05, 3.63) is 33.4 Å². The molecule has 29 heavy (non-hydrogen) atoms. The molecule has 0 saturated carbocycles. The summed E-state index contributed by atoms with van der Waals surface area (Å²) in [5, 5.41) is 16.4. The van der Waals surface area contributed by atoms with Crippen molar-refractivity contribution >= 4 is 23.2 Å². The van der Waals surface area contributed by atoms with E-state index in [1.165, 1.54) is 6.07 Å². The Hall–Kier alpha value is -2.48. The first-order valence-electron chi connectivity index (χ1n) is 10.2. The largest absolute Gasteiger partial charge is 0.346 e. The van der Waals surface area contributed by atoms with Crippen LogP contribution in [0.25, 0.3) is 0 Å². The van der Waals surface area contributed by atoms with Gasteiger partial charge in [0.15, 0.2) is 0 Å². The van der Waals surface area contributed by atoms with Gasteiger partial charge >= 0.3 is 11.8 Å². The van der Waals surface area contributed by atoms with Crippen LogP contribution in [0.1, 0.15) is 44.7 Å². The van der Waals surface area contributed by atoms with E-state index < -0.39 is 16.7 Å². The first-order valence-corrected chi connectivity index (χ1v) is 10.2. The Balaban J connectivity index is 2.01. The number of likely N-dealkylation sites (tertiary alicyclic amines) is 1. The Bertz CT molecular complexity index is 770. The summed E-state index contributed by atoms with van der Waals surface area (Å²) in [4.78, 5) is 37.8. The molecule has 0 aliphatic carbocycles. The van der Waals surface area contributed by atoms with Gasteiger partial charge in [-0.05, 0) is 57.2 Å². The minimum atomic E-state index is -0.813. The number of hydrogen-bond acceptors (Lipinski definition) is 5. The van der Waals surface area contributed by atoms with Crippen molar-refractivity contribution in [1.29, 1.82) is 0 Å². The Morgan fingerprint density at radius 2 is 1.83 bits per heavy atom. The molecule has 0 bridgehead atoms. The Morgan fingerprint density at radius 3 is 2.38 bits per heavy atom. The van der Waals surface area contributed by atoms with E-state index in [9.17, 15) is 19.7 Å². The molecule has 1 aliphatic heterocycles. The number of amides is 2. The van der Waals surface area contributed by atoms with Crippen LogP contribution >= 0.6 is 0 Å². The molecule has 1 heterocycles. The maximum absolute atomic E-state index is 12.4. The van der Waals surface area contributed by atoms with Gasteiger partial charge in [0.1, 0.15) is 0 Å². The van der Waals surface area contributed by atoms with Crippen molar-refractivity contribution in [3.63, 3.8) is 0 Å². The van der Waals surface area contributed by atoms with Crippen LogP contribution in [0.15, 0.2) is 12.1 Å². The van der Waals surface area contributed by atoms with Gasteiger partial charge in [-0.1, -0.05) is 26.8 Å². The summed E-state index contributed by atoms with van der Waals surface area (Å²) < 4.78 is 0. The van der Waals surface area contributed by atoms with Gasteiger partial charge in [-0.15, -0.1) is 0 Å². The lowest BCUT2D eigenvalue weighted by Gasteiger charge is -2.38. The molecule has 0 spiro atoms. The first kappa shape index (κ1) is 22.8. The van der Waals surface area contributed by atoms with E-state index >= 15 is 0 Å². The second-order valence-electron chi connectivity index (χ2n) is 8.35. The second-order valence-corrected chi connectivity index (χ2v) is 8.35. The number of anilines is 1. The molecule has 1 aromatic carbocycles. The molecule has 2 N–H and O–H groups in total. The van der Waals surface area contributed by atoms with Crippen LogP contribution in [-0.2, 0) is 9.59 Å². The predicted molar refractivity (Wildman–Crippen MR) is 113 cm³/mol. The highest BCUT2D eigenvalue weighted by molar-refractivity contribution is 6.39. The summed E-state index contributed by atoms with van der Waals surface area (Å²) >= 11 is 0.